The maximum Gasteiger partial charge on any atom is 0.221 e. The Morgan fingerprint density at radius 3 is 2.41 bits per heavy atom. The van der Waals surface area contributed by atoms with Crippen LogP contribution in [0.15, 0.2) is 34.2 Å². The highest BCUT2D eigenvalue weighted by Crippen LogP contribution is 2.28. The van der Waals surface area contributed by atoms with E-state index < -0.39 is 0 Å². The van der Waals surface area contributed by atoms with Gasteiger partial charge in [-0.1, -0.05) is 17.8 Å². The van der Waals surface area contributed by atoms with Crippen LogP contribution in [0, 0.1) is 20.8 Å². The first kappa shape index (κ1) is 11.9. The van der Waals surface area contributed by atoms with E-state index in [2.05, 4.69) is 42.0 Å². The average molecular weight is 245 g/mol. The van der Waals surface area contributed by atoms with Crippen molar-refractivity contribution < 1.29 is 0 Å². The summed E-state index contributed by atoms with van der Waals surface area (Å²) in [5.41, 5.74) is 9.11. The van der Waals surface area contributed by atoms with Gasteiger partial charge in [0.15, 0.2) is 0 Å². The van der Waals surface area contributed by atoms with Crippen molar-refractivity contribution in [3.63, 3.8) is 0 Å². The van der Waals surface area contributed by atoms with E-state index in [0.717, 1.165) is 10.7 Å². The maximum absolute atomic E-state index is 5.63. The van der Waals surface area contributed by atoms with Crippen LogP contribution in [-0.4, -0.2) is 9.97 Å². The summed E-state index contributed by atoms with van der Waals surface area (Å²) in [5, 5.41) is 0.887. The lowest BCUT2D eigenvalue weighted by Crippen LogP contribution is -1.97. The van der Waals surface area contributed by atoms with Crippen molar-refractivity contribution in [3.8, 4) is 0 Å². The number of nitrogens with two attached hydrogens (primary N) is 1. The molecule has 0 amide bonds. The van der Waals surface area contributed by atoms with Gasteiger partial charge in [-0.2, -0.15) is 0 Å². The molecule has 2 rings (SSSR count). The molecule has 1 heterocycles. The van der Waals surface area contributed by atoms with Gasteiger partial charge >= 0.3 is 0 Å². The summed E-state index contributed by atoms with van der Waals surface area (Å²) in [7, 11) is 0. The Labute approximate surface area is 105 Å². The zero-order valence-electron chi connectivity index (χ0n) is 10.2. The van der Waals surface area contributed by atoms with Crippen LogP contribution in [-0.2, 0) is 0 Å². The molecule has 0 bridgehead atoms. The molecule has 0 saturated carbocycles. The van der Waals surface area contributed by atoms with Crippen LogP contribution >= 0.6 is 11.8 Å². The highest BCUT2D eigenvalue weighted by molar-refractivity contribution is 7.99. The van der Waals surface area contributed by atoms with Gasteiger partial charge < -0.3 is 5.73 Å². The first-order valence-corrected chi connectivity index (χ1v) is 6.22. The van der Waals surface area contributed by atoms with Gasteiger partial charge in [-0.3, -0.25) is 0 Å². The van der Waals surface area contributed by atoms with Gasteiger partial charge in [0, 0.05) is 10.6 Å². The largest absolute Gasteiger partial charge is 0.368 e. The third-order valence-electron chi connectivity index (χ3n) is 2.55. The van der Waals surface area contributed by atoms with Crippen molar-refractivity contribution in [3.05, 3.63) is 41.1 Å². The quantitative estimate of drug-likeness (QED) is 0.826. The Morgan fingerprint density at radius 1 is 1.00 bits per heavy atom. The molecule has 0 aliphatic rings. The number of hydrogen-bond donors (Lipinski definition) is 1. The van der Waals surface area contributed by atoms with E-state index in [1.165, 1.54) is 16.0 Å². The van der Waals surface area contributed by atoms with E-state index in [4.69, 9.17) is 5.73 Å². The predicted octanol–water partition coefficient (Wildman–Crippen LogP) is 3.14. The molecule has 0 atom stereocenters. The Balaban J connectivity index is 2.28. The van der Waals surface area contributed by atoms with Crippen molar-refractivity contribution in [1.82, 2.24) is 9.97 Å². The van der Waals surface area contributed by atoms with Crippen molar-refractivity contribution >= 4 is 17.7 Å². The Morgan fingerprint density at radius 2 is 1.76 bits per heavy atom. The molecular formula is C13H15N3S. The molecule has 0 aliphatic heterocycles. The normalized spacial score (nSPS) is 10.5. The predicted molar refractivity (Wildman–Crippen MR) is 71.2 cm³/mol. The van der Waals surface area contributed by atoms with Gasteiger partial charge in [-0.25, -0.2) is 9.97 Å². The summed E-state index contributed by atoms with van der Waals surface area (Å²) in [6.07, 6.45) is 0. The fourth-order valence-corrected chi connectivity index (χ4v) is 2.49. The van der Waals surface area contributed by atoms with Crippen LogP contribution in [0.3, 0.4) is 0 Å². The van der Waals surface area contributed by atoms with E-state index in [-0.39, 0.29) is 0 Å². The van der Waals surface area contributed by atoms with E-state index in [1.54, 1.807) is 11.8 Å². The number of anilines is 1. The van der Waals surface area contributed by atoms with E-state index >= 15 is 0 Å². The lowest BCUT2D eigenvalue weighted by molar-refractivity contribution is 1.02. The first-order chi connectivity index (χ1) is 8.04. The van der Waals surface area contributed by atoms with Crippen LogP contribution in [0.5, 0.6) is 0 Å². The van der Waals surface area contributed by atoms with Crippen LogP contribution in [0.4, 0.5) is 5.95 Å². The third-order valence-corrected chi connectivity index (χ3v) is 3.46. The summed E-state index contributed by atoms with van der Waals surface area (Å²) >= 11 is 1.61. The highest BCUT2D eigenvalue weighted by atomic mass is 32.2. The minimum Gasteiger partial charge on any atom is -0.368 e. The Bertz CT molecular complexity index is 532. The van der Waals surface area contributed by atoms with Crippen LogP contribution in [0.1, 0.15) is 16.8 Å². The zero-order chi connectivity index (χ0) is 12.4. The van der Waals surface area contributed by atoms with E-state index in [0.29, 0.717) is 5.95 Å². The molecule has 2 aromatic rings. The van der Waals surface area contributed by atoms with Crippen LogP contribution < -0.4 is 5.73 Å². The van der Waals surface area contributed by atoms with Crippen molar-refractivity contribution in [2.75, 3.05) is 5.73 Å². The number of hydrogen-bond acceptors (Lipinski definition) is 4. The lowest BCUT2D eigenvalue weighted by atomic mass is 10.1. The summed E-state index contributed by atoms with van der Waals surface area (Å²) in [4.78, 5) is 9.44. The molecule has 1 aromatic heterocycles. The summed E-state index contributed by atoms with van der Waals surface area (Å²) in [6.45, 7) is 6.14. The smallest absolute Gasteiger partial charge is 0.221 e. The standard InChI is InChI=1S/C13H15N3S/c1-8-4-5-11(6-9(8)2)17-12-7-10(3)15-13(14)16-12/h4-7H,1-3H3,(H2,14,15,16). The minimum absolute atomic E-state index is 0.330. The van der Waals surface area contributed by atoms with E-state index in [9.17, 15) is 0 Å². The van der Waals surface area contributed by atoms with Crippen LogP contribution in [0.25, 0.3) is 0 Å². The van der Waals surface area contributed by atoms with Crippen LogP contribution in [0.2, 0.25) is 0 Å². The number of nitrogen functional groups attached to an aromatic ring is 1. The van der Waals surface area contributed by atoms with Crippen molar-refractivity contribution in [1.29, 1.82) is 0 Å². The molecule has 0 aliphatic carbocycles. The van der Waals surface area contributed by atoms with Gasteiger partial charge in [0.05, 0.1) is 0 Å². The number of aromatic nitrogens is 2. The van der Waals surface area contributed by atoms with Gasteiger partial charge in [0.1, 0.15) is 5.03 Å². The van der Waals surface area contributed by atoms with Gasteiger partial charge in [0.2, 0.25) is 5.95 Å². The molecule has 0 saturated heterocycles. The third kappa shape index (κ3) is 2.97. The van der Waals surface area contributed by atoms with Crippen molar-refractivity contribution in [2.45, 2.75) is 30.7 Å². The molecule has 0 radical (unpaired) electrons. The molecule has 17 heavy (non-hydrogen) atoms. The Hall–Kier alpha value is -1.55. The maximum atomic E-state index is 5.63. The number of aryl methyl sites for hydroxylation is 3. The fourth-order valence-electron chi connectivity index (χ4n) is 1.51. The second kappa shape index (κ2) is 4.75. The zero-order valence-corrected chi connectivity index (χ0v) is 11.0. The summed E-state index contributed by atoms with van der Waals surface area (Å²) < 4.78 is 0. The molecule has 2 N–H and O–H groups in total. The van der Waals surface area contributed by atoms with Gasteiger partial charge in [-0.15, -0.1) is 0 Å². The van der Waals surface area contributed by atoms with Gasteiger partial charge in [-0.05, 0) is 50.1 Å². The molecule has 1 aromatic carbocycles. The molecule has 0 spiro atoms. The average Bonchev–Trinajstić information content (AvgIpc) is 2.22. The molecule has 3 nitrogen and oxygen atoms in total. The minimum atomic E-state index is 0.330. The first-order valence-electron chi connectivity index (χ1n) is 5.41. The number of benzene rings is 1. The number of nitrogens with zero attached hydrogens (tertiary/aromatic N) is 2. The fraction of sp³-hybridized carbons (Fsp3) is 0.231. The molecule has 88 valence electrons. The molecule has 0 unspecified atom stereocenters. The SMILES string of the molecule is Cc1cc(Sc2ccc(C)c(C)c2)nc(N)n1. The molecular weight excluding hydrogens is 230 g/mol. The molecule has 4 heteroatoms. The topological polar surface area (TPSA) is 51.8 Å². The highest BCUT2D eigenvalue weighted by Gasteiger charge is 2.03. The monoisotopic (exact) mass is 245 g/mol. The lowest BCUT2D eigenvalue weighted by Gasteiger charge is -2.05. The van der Waals surface area contributed by atoms with E-state index in [1.807, 2.05) is 13.0 Å². The second-order valence-electron chi connectivity index (χ2n) is 4.05. The van der Waals surface area contributed by atoms with Gasteiger partial charge in [0.25, 0.3) is 0 Å². The molecule has 0 fully saturated rings. The summed E-state index contributed by atoms with van der Waals surface area (Å²) in [6, 6.07) is 8.32. The summed E-state index contributed by atoms with van der Waals surface area (Å²) in [5.74, 6) is 0.330. The second-order valence-corrected chi connectivity index (χ2v) is 5.15. The number of rotatable bonds is 2. The Kier molecular flexibility index (Phi) is 3.33. The van der Waals surface area contributed by atoms with Crippen molar-refractivity contribution in [2.24, 2.45) is 0 Å².